The SMILES string of the molecule is NC(=O)CCC(N)C(=O)NC(CCC(=O)O)C(=O)NC(CC(N)=O)C(=O)NC(CS)C(=O)O. The number of thiol groups is 1. The smallest absolute Gasteiger partial charge is 0.327 e. The van der Waals surface area contributed by atoms with Crippen LogP contribution in [0.15, 0.2) is 0 Å². The molecule has 0 radical (unpaired) electrons. The maximum absolute atomic E-state index is 12.7. The van der Waals surface area contributed by atoms with Gasteiger partial charge in [-0.25, -0.2) is 4.79 Å². The molecule has 11 N–H and O–H groups in total. The van der Waals surface area contributed by atoms with E-state index in [4.69, 9.17) is 27.4 Å². The molecule has 0 spiro atoms. The second-order valence-electron chi connectivity index (χ2n) is 6.92. The minimum absolute atomic E-state index is 0.137. The summed E-state index contributed by atoms with van der Waals surface area (Å²) in [5, 5.41) is 24.3. The van der Waals surface area contributed by atoms with E-state index < -0.39 is 84.9 Å². The van der Waals surface area contributed by atoms with Crippen molar-refractivity contribution < 1.29 is 43.8 Å². The Morgan fingerprint density at radius 3 is 1.70 bits per heavy atom. The second-order valence-corrected chi connectivity index (χ2v) is 7.28. The molecule has 0 rings (SSSR count). The monoisotopic (exact) mass is 492 g/mol. The van der Waals surface area contributed by atoms with Gasteiger partial charge in [0, 0.05) is 18.6 Å². The van der Waals surface area contributed by atoms with Gasteiger partial charge in [0.2, 0.25) is 29.5 Å². The van der Waals surface area contributed by atoms with Crippen LogP contribution in [0.25, 0.3) is 0 Å². The van der Waals surface area contributed by atoms with E-state index in [-0.39, 0.29) is 18.6 Å². The summed E-state index contributed by atoms with van der Waals surface area (Å²) in [5.74, 6) is -7.72. The molecule has 186 valence electrons. The third-order valence-electron chi connectivity index (χ3n) is 4.15. The number of aliphatic carboxylic acids is 2. The van der Waals surface area contributed by atoms with E-state index in [9.17, 15) is 33.6 Å². The summed E-state index contributed by atoms with van der Waals surface area (Å²) in [7, 11) is 0. The highest BCUT2D eigenvalue weighted by molar-refractivity contribution is 7.80. The minimum atomic E-state index is -1.62. The molecule has 0 saturated heterocycles. The number of carbonyl (C=O) groups is 7. The maximum Gasteiger partial charge on any atom is 0.327 e. The van der Waals surface area contributed by atoms with Gasteiger partial charge < -0.3 is 43.4 Å². The van der Waals surface area contributed by atoms with Gasteiger partial charge in [-0.05, 0) is 12.8 Å². The molecule has 0 bridgehead atoms. The standard InChI is InChI=1S/C17H28N6O9S/c18-7(1-3-11(19)24)14(28)21-8(2-4-13(26)27)15(29)22-9(5-12(20)25)16(30)23-10(6-33)17(31)32/h7-10,33H,1-6,18H2,(H2,19,24)(H2,20,25)(H,21,28)(H,22,29)(H,23,30)(H,26,27)(H,31,32). The molecule has 0 aliphatic rings. The van der Waals surface area contributed by atoms with Crippen LogP contribution in [-0.2, 0) is 33.6 Å². The van der Waals surface area contributed by atoms with E-state index in [1.54, 1.807) is 0 Å². The lowest BCUT2D eigenvalue weighted by atomic mass is 10.1. The van der Waals surface area contributed by atoms with Crippen molar-refractivity contribution in [2.45, 2.75) is 56.3 Å². The fraction of sp³-hybridized carbons (Fsp3) is 0.588. The van der Waals surface area contributed by atoms with Crippen LogP contribution >= 0.6 is 12.6 Å². The van der Waals surface area contributed by atoms with Gasteiger partial charge in [0.15, 0.2) is 0 Å². The molecular formula is C17H28N6O9S. The zero-order valence-electron chi connectivity index (χ0n) is 17.5. The average Bonchev–Trinajstić information content (AvgIpc) is 2.71. The van der Waals surface area contributed by atoms with Crippen molar-refractivity contribution in [3.8, 4) is 0 Å². The normalized spacial score (nSPS) is 14.1. The van der Waals surface area contributed by atoms with Crippen LogP contribution < -0.4 is 33.2 Å². The molecule has 15 nitrogen and oxygen atoms in total. The van der Waals surface area contributed by atoms with Crippen LogP contribution in [0.5, 0.6) is 0 Å². The topological polar surface area (TPSA) is 274 Å². The van der Waals surface area contributed by atoms with Crippen molar-refractivity contribution in [2.75, 3.05) is 5.75 Å². The highest BCUT2D eigenvalue weighted by atomic mass is 32.1. The third-order valence-corrected chi connectivity index (χ3v) is 4.52. The van der Waals surface area contributed by atoms with E-state index in [0.717, 1.165) is 0 Å². The fourth-order valence-corrected chi connectivity index (χ4v) is 2.63. The quantitative estimate of drug-likeness (QED) is 0.0936. The molecule has 33 heavy (non-hydrogen) atoms. The lowest BCUT2D eigenvalue weighted by Crippen LogP contribution is -2.58. The number of nitrogens with one attached hydrogen (secondary N) is 3. The molecule has 0 fully saturated rings. The number of carboxylic acid groups (broad SMARTS) is 2. The highest BCUT2D eigenvalue weighted by Crippen LogP contribution is 2.04. The lowest BCUT2D eigenvalue weighted by Gasteiger charge is -2.24. The Morgan fingerprint density at radius 1 is 0.727 bits per heavy atom. The van der Waals surface area contributed by atoms with Crippen LogP contribution in [-0.4, -0.2) is 81.6 Å². The van der Waals surface area contributed by atoms with Crippen LogP contribution in [0, 0.1) is 0 Å². The fourth-order valence-electron chi connectivity index (χ4n) is 2.38. The number of primary amides is 2. The van der Waals surface area contributed by atoms with Crippen molar-refractivity contribution >= 4 is 54.1 Å². The Labute approximate surface area is 193 Å². The lowest BCUT2D eigenvalue weighted by molar-refractivity contribution is -0.141. The zero-order chi connectivity index (χ0) is 25.7. The summed E-state index contributed by atoms with van der Waals surface area (Å²) in [6.07, 6.45) is -2.02. The molecule has 4 atom stereocenters. The predicted molar refractivity (Wildman–Crippen MR) is 114 cm³/mol. The van der Waals surface area contributed by atoms with E-state index in [1.165, 1.54) is 0 Å². The first-order chi connectivity index (χ1) is 15.3. The van der Waals surface area contributed by atoms with Gasteiger partial charge in [-0.3, -0.25) is 28.8 Å². The maximum atomic E-state index is 12.7. The van der Waals surface area contributed by atoms with E-state index in [0.29, 0.717) is 0 Å². The number of carbonyl (C=O) groups excluding carboxylic acids is 5. The minimum Gasteiger partial charge on any atom is -0.481 e. The number of hydrogen-bond acceptors (Lipinski definition) is 9. The van der Waals surface area contributed by atoms with Crippen LogP contribution in [0.4, 0.5) is 0 Å². The Morgan fingerprint density at radius 2 is 1.24 bits per heavy atom. The van der Waals surface area contributed by atoms with Gasteiger partial charge in [-0.2, -0.15) is 12.6 Å². The number of rotatable bonds is 16. The summed E-state index contributed by atoms with van der Waals surface area (Å²) in [6, 6.07) is -5.78. The predicted octanol–water partition coefficient (Wildman–Crippen LogP) is -4.21. The van der Waals surface area contributed by atoms with Crippen LogP contribution in [0.2, 0.25) is 0 Å². The van der Waals surface area contributed by atoms with Gasteiger partial charge in [0.25, 0.3) is 0 Å². The van der Waals surface area contributed by atoms with E-state index in [2.05, 4.69) is 28.6 Å². The Balaban J connectivity index is 5.48. The van der Waals surface area contributed by atoms with Crippen molar-refractivity contribution in [2.24, 2.45) is 17.2 Å². The molecule has 0 aromatic heterocycles. The second kappa shape index (κ2) is 14.6. The van der Waals surface area contributed by atoms with Gasteiger partial charge in [0.1, 0.15) is 18.1 Å². The van der Waals surface area contributed by atoms with Gasteiger partial charge in [0.05, 0.1) is 12.5 Å². The molecule has 0 aliphatic carbocycles. The largest absolute Gasteiger partial charge is 0.481 e. The zero-order valence-corrected chi connectivity index (χ0v) is 18.4. The molecule has 5 amide bonds. The molecule has 0 saturated carbocycles. The van der Waals surface area contributed by atoms with Crippen LogP contribution in [0.1, 0.15) is 32.1 Å². The molecule has 4 unspecified atom stereocenters. The first-order valence-corrected chi connectivity index (χ1v) is 10.2. The summed E-state index contributed by atoms with van der Waals surface area (Å²) < 4.78 is 0. The van der Waals surface area contributed by atoms with Crippen molar-refractivity contribution in [1.82, 2.24) is 16.0 Å². The summed E-state index contributed by atoms with van der Waals surface area (Å²) in [4.78, 5) is 81.4. The number of nitrogens with two attached hydrogens (primary N) is 3. The van der Waals surface area contributed by atoms with Crippen molar-refractivity contribution in [1.29, 1.82) is 0 Å². The number of carboxylic acids is 2. The van der Waals surface area contributed by atoms with Crippen molar-refractivity contribution in [3.05, 3.63) is 0 Å². The molecule has 0 aliphatic heterocycles. The Kier molecular flexibility index (Phi) is 13.1. The average molecular weight is 493 g/mol. The first-order valence-electron chi connectivity index (χ1n) is 9.57. The molecule has 0 heterocycles. The van der Waals surface area contributed by atoms with Crippen molar-refractivity contribution in [3.63, 3.8) is 0 Å². The number of amides is 5. The molecule has 0 aromatic rings. The highest BCUT2D eigenvalue weighted by Gasteiger charge is 2.31. The summed E-state index contributed by atoms with van der Waals surface area (Å²) in [6.45, 7) is 0. The number of hydrogen-bond donors (Lipinski definition) is 9. The summed E-state index contributed by atoms with van der Waals surface area (Å²) in [5.41, 5.74) is 15.7. The van der Waals surface area contributed by atoms with Gasteiger partial charge >= 0.3 is 11.9 Å². The van der Waals surface area contributed by atoms with Gasteiger partial charge in [-0.1, -0.05) is 0 Å². The molecule has 0 aromatic carbocycles. The summed E-state index contributed by atoms with van der Waals surface area (Å²) >= 11 is 3.79. The van der Waals surface area contributed by atoms with Gasteiger partial charge in [-0.15, -0.1) is 0 Å². The molecule has 16 heteroatoms. The first kappa shape index (κ1) is 29.6. The Hall–Kier alpha value is -3.40. The molecular weight excluding hydrogens is 464 g/mol. The van der Waals surface area contributed by atoms with Crippen LogP contribution in [0.3, 0.4) is 0 Å². The Bertz CT molecular complexity index is 778. The third kappa shape index (κ3) is 12.3. The van der Waals surface area contributed by atoms with E-state index >= 15 is 0 Å². The van der Waals surface area contributed by atoms with E-state index in [1.807, 2.05) is 0 Å².